The van der Waals surface area contributed by atoms with Crippen molar-refractivity contribution in [3.63, 3.8) is 0 Å². The maximum Gasteiger partial charge on any atom is 0.326 e. The Bertz CT molecular complexity index is 2870. The molecule has 0 aliphatic rings. The molecule has 0 bridgehead atoms. The van der Waals surface area contributed by atoms with Gasteiger partial charge in [0.1, 0.15) is 69.3 Å². The van der Waals surface area contributed by atoms with E-state index in [9.17, 15) is 81.5 Å². The summed E-state index contributed by atoms with van der Waals surface area (Å²) in [6.07, 6.45) is 2.22. The van der Waals surface area contributed by atoms with Crippen molar-refractivity contribution in [2.24, 2.45) is 22.7 Å². The van der Waals surface area contributed by atoms with Gasteiger partial charge >= 0.3 is 17.9 Å². The Labute approximate surface area is 716 Å². The molecule has 0 spiro atoms. The number of aliphatic carboxylic acids is 3. The van der Waals surface area contributed by atoms with Crippen LogP contribution in [0.2, 0.25) is 0 Å². The first-order chi connectivity index (χ1) is 57.6. The molecule has 706 valence electrons. The number of carboxylic acid groups (broad SMARTS) is 3. The average molecular weight is 1760 g/mol. The fourth-order valence-corrected chi connectivity index (χ4v) is 8.39. The molecule has 0 unspecified atom stereocenters. The van der Waals surface area contributed by atoms with Crippen LogP contribution < -0.4 is 47.9 Å². The summed E-state index contributed by atoms with van der Waals surface area (Å²) in [4.78, 5) is 193. The average Bonchev–Trinajstić information content (AvgIpc) is 0.913. The minimum Gasteiger partial charge on any atom is -0.480 e. The smallest absolute Gasteiger partial charge is 0.326 e. The second-order valence-electron chi connectivity index (χ2n) is 29.4. The van der Waals surface area contributed by atoms with Crippen molar-refractivity contribution in [2.45, 2.75) is 179 Å². The highest BCUT2D eigenvalue weighted by atomic mass is 16.6. The van der Waals surface area contributed by atoms with Crippen molar-refractivity contribution < 1.29 is 158 Å². The van der Waals surface area contributed by atoms with E-state index in [1.54, 1.807) is 0 Å². The summed E-state index contributed by atoms with van der Waals surface area (Å²) in [6, 6.07) is -3.32. The Morgan fingerprint density at radius 3 is 0.754 bits per heavy atom. The van der Waals surface area contributed by atoms with Gasteiger partial charge in [0, 0.05) is 128 Å². The van der Waals surface area contributed by atoms with Gasteiger partial charge in [0.2, 0.25) is 53.2 Å². The van der Waals surface area contributed by atoms with Crippen LogP contribution in [0.3, 0.4) is 0 Å². The Kier molecular flexibility index (Phi) is 77.0. The predicted octanol–water partition coefficient (Wildman–Crippen LogP) is -0.203. The van der Waals surface area contributed by atoms with Crippen molar-refractivity contribution in [1.29, 1.82) is 0 Å². The third-order valence-corrected chi connectivity index (χ3v) is 15.6. The van der Waals surface area contributed by atoms with Gasteiger partial charge in [-0.2, -0.15) is 0 Å². The number of amides is 9. The summed E-state index contributed by atoms with van der Waals surface area (Å²) >= 11 is 0. The van der Waals surface area contributed by atoms with E-state index in [1.807, 2.05) is 76.2 Å². The van der Waals surface area contributed by atoms with Gasteiger partial charge in [-0.25, -0.2) is 14.4 Å². The zero-order valence-corrected chi connectivity index (χ0v) is 74.2. The molecule has 0 radical (unpaired) electrons. The van der Waals surface area contributed by atoms with Crippen LogP contribution in [0.4, 0.5) is 0 Å². The molecule has 0 saturated carbocycles. The topological polar surface area (TPSA) is 579 Å². The molecular formula is C80H143N9O33. The molecule has 9 amide bonds. The zero-order valence-electron chi connectivity index (χ0n) is 74.2. The van der Waals surface area contributed by atoms with E-state index in [-0.39, 0.29) is 239 Å². The first kappa shape index (κ1) is 120. The van der Waals surface area contributed by atoms with Crippen LogP contribution in [0.1, 0.15) is 161 Å². The number of carbonyl (C=O) groups is 17. The maximum atomic E-state index is 11.7. The summed E-state index contributed by atoms with van der Waals surface area (Å²) in [6.45, 7) is 31.3. The second kappa shape index (κ2) is 78.4. The molecule has 3 atom stereocenters. The van der Waals surface area contributed by atoms with Crippen LogP contribution in [0.5, 0.6) is 0 Å². The fourth-order valence-electron chi connectivity index (χ4n) is 8.39. The highest BCUT2D eigenvalue weighted by molar-refractivity contribution is 5.87. The summed E-state index contributed by atoms with van der Waals surface area (Å²) in [5.74, 6) is -6.47. The molecule has 0 aromatic carbocycles. The van der Waals surface area contributed by atoms with Crippen LogP contribution in [0.15, 0.2) is 0 Å². The van der Waals surface area contributed by atoms with Gasteiger partial charge in [-0.1, -0.05) is 76.2 Å². The van der Waals surface area contributed by atoms with E-state index in [4.69, 9.17) is 76.9 Å². The lowest BCUT2D eigenvalue weighted by Crippen LogP contribution is -2.40. The van der Waals surface area contributed by atoms with Gasteiger partial charge in [0.25, 0.3) is 0 Å². The molecule has 0 aliphatic carbocycles. The number of hydrogen-bond acceptors (Lipinski definition) is 30. The highest BCUT2D eigenvalue weighted by Gasteiger charge is 2.25. The number of hydrogen-bond donors (Lipinski definition) is 12. The van der Waals surface area contributed by atoms with Crippen molar-refractivity contribution in [2.75, 3.05) is 211 Å². The van der Waals surface area contributed by atoms with E-state index < -0.39 is 59.2 Å². The van der Waals surface area contributed by atoms with Gasteiger partial charge in [0.05, 0.1) is 126 Å². The highest BCUT2D eigenvalue weighted by Crippen LogP contribution is 2.17. The fraction of sp³-hybridized carbons (Fsp3) is 0.787. The molecule has 42 heteroatoms. The number of nitrogens with one attached hydrogen (secondary N) is 9. The predicted molar refractivity (Wildman–Crippen MR) is 440 cm³/mol. The molecule has 0 saturated heterocycles. The number of ketones is 5. The lowest BCUT2D eigenvalue weighted by molar-refractivity contribution is -0.142. The molecule has 0 rings (SSSR count). The molecule has 0 aliphatic heterocycles. The second-order valence-corrected chi connectivity index (χ2v) is 29.4. The molecule has 12 N–H and O–H groups in total. The summed E-state index contributed by atoms with van der Waals surface area (Å²) in [5, 5.41) is 49.4. The lowest BCUT2D eigenvalue weighted by Gasteiger charge is -2.16. The lowest BCUT2D eigenvalue weighted by atomic mass is 9.89. The number of rotatable bonds is 73. The normalized spacial score (nSPS) is 11.7. The van der Waals surface area contributed by atoms with Crippen LogP contribution in [0, 0.1) is 22.7 Å². The number of carboxylic acids is 3. The zero-order chi connectivity index (χ0) is 93.0. The van der Waals surface area contributed by atoms with Gasteiger partial charge in [-0.15, -0.1) is 0 Å². The third-order valence-electron chi connectivity index (χ3n) is 15.6. The Morgan fingerprint density at radius 1 is 0.279 bits per heavy atom. The largest absolute Gasteiger partial charge is 0.480 e. The quantitative estimate of drug-likeness (QED) is 0.0351. The Hall–Kier alpha value is -8.53. The van der Waals surface area contributed by atoms with Crippen molar-refractivity contribution in [3.8, 4) is 0 Å². The number of Topliss-reactive ketones (excluding diaryl/α,β-unsaturated/α-hetero) is 5. The molecule has 0 fully saturated rings. The first-order valence-electron chi connectivity index (χ1n) is 40.8. The van der Waals surface area contributed by atoms with Gasteiger partial charge in [-0.3, -0.25) is 67.1 Å². The monoisotopic (exact) mass is 1760 g/mol. The van der Waals surface area contributed by atoms with Gasteiger partial charge in [0.15, 0.2) is 17.3 Å². The minimum atomic E-state index is -1.20. The van der Waals surface area contributed by atoms with Crippen LogP contribution >= 0.6 is 0 Å². The van der Waals surface area contributed by atoms with Gasteiger partial charge < -0.3 is 125 Å². The summed E-state index contributed by atoms with van der Waals surface area (Å²) in [7, 11) is 0. The Morgan fingerprint density at radius 2 is 0.516 bits per heavy atom. The van der Waals surface area contributed by atoms with Crippen molar-refractivity contribution in [3.05, 3.63) is 0 Å². The summed E-state index contributed by atoms with van der Waals surface area (Å²) < 4.78 is 68.3. The number of ether oxygens (including phenoxy) is 13. The van der Waals surface area contributed by atoms with Crippen LogP contribution in [0.25, 0.3) is 0 Å². The molecule has 122 heavy (non-hydrogen) atoms. The van der Waals surface area contributed by atoms with E-state index in [0.29, 0.717) is 112 Å². The molecule has 0 aromatic heterocycles. The molecule has 0 heterocycles. The third kappa shape index (κ3) is 83.7. The SMILES string of the molecule is CC(=O)N[C@@H](CCC(=O)NCCOCCOCC(=O)NCCOCCOCC(=O)C(C)(C)C)C(=O)O.CC(=O)N[C@@H](CCC(=O)NCCOCCOCC(=O)NCCOCCOCC(=O)C(C)C)C(=O)O.CC(=O)N[C@@H](CCC(=O)NCCOCCOCC(=O)NCCOCCOCC(=O)C(C)C)C(=O)O.CCC(=O)CCCOCCC(=O)C(C)(C)C. The van der Waals surface area contributed by atoms with Crippen molar-refractivity contribution in [1.82, 2.24) is 47.9 Å². The van der Waals surface area contributed by atoms with Crippen LogP contribution in [-0.2, 0) is 143 Å². The number of carbonyl (C=O) groups excluding carboxylic acids is 14. The van der Waals surface area contributed by atoms with E-state index >= 15 is 0 Å². The van der Waals surface area contributed by atoms with E-state index in [0.717, 1.165) is 6.42 Å². The minimum absolute atomic E-state index is 0.0152. The van der Waals surface area contributed by atoms with Gasteiger partial charge in [-0.05, 0) is 25.7 Å². The molecule has 0 aromatic rings. The maximum absolute atomic E-state index is 11.7. The molecule has 42 nitrogen and oxygen atoms in total. The van der Waals surface area contributed by atoms with Crippen LogP contribution in [-0.4, -0.2) is 344 Å². The van der Waals surface area contributed by atoms with E-state index in [2.05, 4.69) is 47.9 Å². The van der Waals surface area contributed by atoms with E-state index in [1.165, 1.54) is 20.8 Å². The first-order valence-corrected chi connectivity index (χ1v) is 40.8. The summed E-state index contributed by atoms with van der Waals surface area (Å²) in [5.41, 5.74) is -0.703. The molecular weight excluding hydrogens is 1610 g/mol. The van der Waals surface area contributed by atoms with Crippen molar-refractivity contribution >= 4 is 100.0 Å². The standard InChI is InChI=1S/C23H41N3O10.2C22H39N3O10.C13H24O3/c1-17(27)26-18(22(31)32)5-6-20(29)24-7-9-33-12-14-36-16-21(30)25-8-10-34-11-13-35-15-19(28)23(2,3)4;2*1-16(2)19(27)14-34-12-10-33-9-7-24-21(29)15-35-13-11-32-8-6-23-20(28)5-4-18(22(30)31)25-17(3)26;1-5-11(14)7-6-9-16-10-8-12(15)13(2,3)4/h18H,5-16H2,1-4H3,(H,24,29)(H,25,30)(H,26,27)(H,31,32);2*16,18H,4-15H2,1-3H3,(H,23,28)(H,24,29)(H,25,26)(H,30,31);5-10H2,1-4H3/t3*18-;/m000./s1. The Balaban J connectivity index is -0.000000785.